The Morgan fingerprint density at radius 2 is 1.92 bits per heavy atom. The molecule has 0 aliphatic rings. The summed E-state index contributed by atoms with van der Waals surface area (Å²) in [6.07, 6.45) is 0. The molecule has 0 amide bonds. The van der Waals surface area contributed by atoms with Gasteiger partial charge in [-0.05, 0) is 26.3 Å². The van der Waals surface area contributed by atoms with Gasteiger partial charge in [0.05, 0.1) is 5.56 Å². The van der Waals surface area contributed by atoms with Crippen molar-refractivity contribution in [3.05, 3.63) is 16.8 Å². The van der Waals surface area contributed by atoms with Crippen LogP contribution in [0.1, 0.15) is 28.5 Å². The van der Waals surface area contributed by atoms with Gasteiger partial charge in [-0.2, -0.15) is 0 Å². The Bertz CT molecular complexity index is 311. The number of nitrogens with zero attached hydrogens (tertiary/aromatic N) is 1. The highest BCUT2D eigenvalue weighted by atomic mass is 16.3. The SMILES string of the molecule is CC(=O)c1c(C)c(C)n(C)c1O. The monoisotopic (exact) mass is 167 g/mol. The molecular weight excluding hydrogens is 154 g/mol. The average molecular weight is 167 g/mol. The summed E-state index contributed by atoms with van der Waals surface area (Å²) in [7, 11) is 1.74. The van der Waals surface area contributed by atoms with Crippen molar-refractivity contribution in [1.82, 2.24) is 4.57 Å². The average Bonchev–Trinajstić information content (AvgIpc) is 2.16. The van der Waals surface area contributed by atoms with Gasteiger partial charge in [-0.25, -0.2) is 0 Å². The van der Waals surface area contributed by atoms with Gasteiger partial charge in [-0.15, -0.1) is 0 Å². The molecule has 3 nitrogen and oxygen atoms in total. The molecule has 12 heavy (non-hydrogen) atoms. The zero-order valence-electron chi connectivity index (χ0n) is 7.80. The molecule has 0 saturated carbocycles. The molecule has 1 rings (SSSR count). The first kappa shape index (κ1) is 8.84. The third kappa shape index (κ3) is 1.02. The van der Waals surface area contributed by atoms with Crippen LogP contribution in [-0.2, 0) is 7.05 Å². The van der Waals surface area contributed by atoms with E-state index in [2.05, 4.69) is 0 Å². The molecule has 0 aliphatic carbocycles. The smallest absolute Gasteiger partial charge is 0.202 e. The molecule has 0 atom stereocenters. The van der Waals surface area contributed by atoms with Crippen molar-refractivity contribution in [3.63, 3.8) is 0 Å². The molecule has 66 valence electrons. The molecule has 1 N–H and O–H groups in total. The summed E-state index contributed by atoms with van der Waals surface area (Å²) in [4.78, 5) is 11.1. The van der Waals surface area contributed by atoms with Gasteiger partial charge in [0.15, 0.2) is 5.78 Å². The van der Waals surface area contributed by atoms with Gasteiger partial charge in [-0.3, -0.25) is 4.79 Å². The number of hydrogen-bond donors (Lipinski definition) is 1. The highest BCUT2D eigenvalue weighted by Gasteiger charge is 2.17. The van der Waals surface area contributed by atoms with Crippen LogP contribution in [0.25, 0.3) is 0 Å². The van der Waals surface area contributed by atoms with Crippen LogP contribution in [0.4, 0.5) is 0 Å². The Balaban J connectivity index is 3.48. The predicted octanol–water partition coefficient (Wildman–Crippen LogP) is 1.55. The molecule has 0 bridgehead atoms. The van der Waals surface area contributed by atoms with Crippen molar-refractivity contribution in [2.45, 2.75) is 20.8 Å². The molecule has 0 aliphatic heterocycles. The highest BCUT2D eigenvalue weighted by Crippen LogP contribution is 2.26. The minimum Gasteiger partial charge on any atom is -0.494 e. The number of hydrogen-bond acceptors (Lipinski definition) is 2. The van der Waals surface area contributed by atoms with Gasteiger partial charge in [-0.1, -0.05) is 0 Å². The van der Waals surface area contributed by atoms with E-state index >= 15 is 0 Å². The third-order valence-electron chi connectivity index (χ3n) is 2.31. The Hall–Kier alpha value is -1.25. The second-order valence-electron chi connectivity index (χ2n) is 3.02. The van der Waals surface area contributed by atoms with Crippen molar-refractivity contribution in [2.75, 3.05) is 0 Å². The fourth-order valence-corrected chi connectivity index (χ4v) is 1.35. The topological polar surface area (TPSA) is 42.2 Å². The first-order valence-corrected chi connectivity index (χ1v) is 3.82. The van der Waals surface area contributed by atoms with E-state index in [1.165, 1.54) is 6.92 Å². The normalized spacial score (nSPS) is 10.3. The maximum absolute atomic E-state index is 11.1. The molecule has 3 heteroatoms. The van der Waals surface area contributed by atoms with Crippen molar-refractivity contribution < 1.29 is 9.90 Å². The van der Waals surface area contributed by atoms with Crippen molar-refractivity contribution in [3.8, 4) is 5.88 Å². The summed E-state index contributed by atoms with van der Waals surface area (Å²) in [6.45, 7) is 5.18. The predicted molar refractivity (Wildman–Crippen MR) is 46.6 cm³/mol. The van der Waals surface area contributed by atoms with E-state index in [1.807, 2.05) is 13.8 Å². The van der Waals surface area contributed by atoms with Crippen LogP contribution in [0.5, 0.6) is 5.88 Å². The minimum absolute atomic E-state index is 0.0671. The van der Waals surface area contributed by atoms with Crippen LogP contribution in [0.3, 0.4) is 0 Å². The number of aromatic hydroxyl groups is 1. The van der Waals surface area contributed by atoms with Gasteiger partial charge in [0, 0.05) is 12.7 Å². The Kier molecular flexibility index (Phi) is 1.96. The van der Waals surface area contributed by atoms with E-state index in [-0.39, 0.29) is 11.7 Å². The second kappa shape index (κ2) is 2.66. The van der Waals surface area contributed by atoms with Crippen LogP contribution in [0, 0.1) is 13.8 Å². The Morgan fingerprint density at radius 3 is 2.08 bits per heavy atom. The van der Waals surface area contributed by atoms with Crippen LogP contribution in [0.2, 0.25) is 0 Å². The first-order valence-electron chi connectivity index (χ1n) is 3.82. The van der Waals surface area contributed by atoms with E-state index < -0.39 is 0 Å². The second-order valence-corrected chi connectivity index (χ2v) is 3.02. The van der Waals surface area contributed by atoms with Crippen molar-refractivity contribution in [2.24, 2.45) is 7.05 Å². The van der Waals surface area contributed by atoms with Gasteiger partial charge < -0.3 is 9.67 Å². The van der Waals surface area contributed by atoms with Crippen LogP contribution in [-0.4, -0.2) is 15.5 Å². The lowest BCUT2D eigenvalue weighted by atomic mass is 10.1. The van der Waals surface area contributed by atoms with E-state index in [4.69, 9.17) is 0 Å². The van der Waals surface area contributed by atoms with Gasteiger partial charge in [0.25, 0.3) is 0 Å². The lowest BCUT2D eigenvalue weighted by molar-refractivity contribution is 0.101. The fraction of sp³-hybridized carbons (Fsp3) is 0.444. The molecular formula is C9H13NO2. The molecule has 1 heterocycles. The molecule has 0 saturated heterocycles. The third-order valence-corrected chi connectivity index (χ3v) is 2.31. The van der Waals surface area contributed by atoms with Crippen molar-refractivity contribution in [1.29, 1.82) is 0 Å². The van der Waals surface area contributed by atoms with E-state index in [0.717, 1.165) is 11.3 Å². The van der Waals surface area contributed by atoms with Gasteiger partial charge in [0.1, 0.15) is 0 Å². The van der Waals surface area contributed by atoms with Crippen LogP contribution in [0.15, 0.2) is 0 Å². The maximum Gasteiger partial charge on any atom is 0.202 e. The molecule has 0 unspecified atom stereocenters. The number of Topliss-reactive ketones (excluding diaryl/α,β-unsaturated/α-hetero) is 1. The van der Waals surface area contributed by atoms with Crippen LogP contribution >= 0.6 is 0 Å². The van der Waals surface area contributed by atoms with Crippen molar-refractivity contribution >= 4 is 5.78 Å². The highest BCUT2D eigenvalue weighted by molar-refractivity contribution is 5.98. The number of rotatable bonds is 1. The fourth-order valence-electron chi connectivity index (χ4n) is 1.35. The molecule has 0 aromatic carbocycles. The lowest BCUT2D eigenvalue weighted by Crippen LogP contribution is -1.92. The maximum atomic E-state index is 11.1. The summed E-state index contributed by atoms with van der Waals surface area (Å²) >= 11 is 0. The minimum atomic E-state index is -0.0892. The Morgan fingerprint density at radius 1 is 1.42 bits per heavy atom. The Labute approximate surface area is 71.6 Å². The molecule has 0 radical (unpaired) electrons. The number of aromatic nitrogens is 1. The summed E-state index contributed by atoms with van der Waals surface area (Å²) < 4.78 is 1.62. The quantitative estimate of drug-likeness (QED) is 0.645. The van der Waals surface area contributed by atoms with E-state index in [1.54, 1.807) is 11.6 Å². The summed E-state index contributed by atoms with van der Waals surface area (Å²) in [6, 6.07) is 0. The van der Waals surface area contributed by atoms with Gasteiger partial charge in [0.2, 0.25) is 5.88 Å². The van der Waals surface area contributed by atoms with Crippen LogP contribution < -0.4 is 0 Å². The van der Waals surface area contributed by atoms with Gasteiger partial charge >= 0.3 is 0 Å². The summed E-state index contributed by atoms with van der Waals surface area (Å²) in [5.74, 6) is -0.0220. The zero-order valence-corrected chi connectivity index (χ0v) is 7.80. The van der Waals surface area contributed by atoms with E-state index in [9.17, 15) is 9.90 Å². The number of carbonyl (C=O) groups is 1. The van der Waals surface area contributed by atoms with E-state index in [0.29, 0.717) is 5.56 Å². The standard InChI is InChI=1S/C9H13NO2/c1-5-6(2)10(4)9(12)8(5)7(3)11/h12H,1-4H3. The molecule has 0 spiro atoms. The first-order chi connectivity index (χ1) is 5.46. The zero-order chi connectivity index (χ0) is 9.46. The number of ketones is 1. The molecule has 1 aromatic rings. The summed E-state index contributed by atoms with van der Waals surface area (Å²) in [5.41, 5.74) is 2.23. The molecule has 1 aromatic heterocycles. The number of carbonyl (C=O) groups excluding carboxylic acids is 1. The largest absolute Gasteiger partial charge is 0.494 e. The molecule has 0 fully saturated rings. The lowest BCUT2D eigenvalue weighted by Gasteiger charge is -1.96. The summed E-state index contributed by atoms with van der Waals surface area (Å²) in [5, 5.41) is 9.51.